The SMILES string of the molecule is O=CCCC/C(C=O)=C\CCCC#Cc1ccccc1. The van der Waals surface area contributed by atoms with Gasteiger partial charge in [-0.25, -0.2) is 0 Å². The smallest absolute Gasteiger partial charge is 0.145 e. The first-order chi connectivity index (χ1) is 9.86. The van der Waals surface area contributed by atoms with Crippen LogP contribution in [0, 0.1) is 11.8 Å². The average molecular weight is 268 g/mol. The van der Waals surface area contributed by atoms with E-state index in [-0.39, 0.29) is 0 Å². The Balaban J connectivity index is 2.24. The molecule has 104 valence electrons. The number of aldehydes is 2. The first-order valence-electron chi connectivity index (χ1n) is 6.98. The molecule has 0 radical (unpaired) electrons. The van der Waals surface area contributed by atoms with Crippen LogP contribution in [-0.4, -0.2) is 12.6 Å². The van der Waals surface area contributed by atoms with Crippen LogP contribution in [0.25, 0.3) is 0 Å². The molecule has 0 unspecified atom stereocenters. The predicted octanol–water partition coefficient (Wildman–Crippen LogP) is 3.70. The van der Waals surface area contributed by atoms with Crippen molar-refractivity contribution in [2.45, 2.75) is 38.5 Å². The van der Waals surface area contributed by atoms with Crippen LogP contribution in [0.5, 0.6) is 0 Å². The van der Waals surface area contributed by atoms with E-state index < -0.39 is 0 Å². The van der Waals surface area contributed by atoms with E-state index in [9.17, 15) is 9.59 Å². The predicted molar refractivity (Wildman–Crippen MR) is 81.2 cm³/mol. The molecule has 0 saturated carbocycles. The molecule has 0 aromatic heterocycles. The zero-order chi connectivity index (χ0) is 14.5. The molecule has 0 bridgehead atoms. The zero-order valence-corrected chi connectivity index (χ0v) is 11.7. The van der Waals surface area contributed by atoms with Gasteiger partial charge in [-0.2, -0.15) is 0 Å². The van der Waals surface area contributed by atoms with Crippen molar-refractivity contribution in [1.29, 1.82) is 0 Å². The van der Waals surface area contributed by atoms with E-state index in [0.29, 0.717) is 12.8 Å². The lowest BCUT2D eigenvalue weighted by molar-refractivity contribution is -0.108. The summed E-state index contributed by atoms with van der Waals surface area (Å²) in [6.45, 7) is 0. The Morgan fingerprint density at radius 2 is 1.85 bits per heavy atom. The van der Waals surface area contributed by atoms with Crippen LogP contribution in [0.4, 0.5) is 0 Å². The van der Waals surface area contributed by atoms with Gasteiger partial charge < -0.3 is 4.79 Å². The van der Waals surface area contributed by atoms with E-state index in [1.807, 2.05) is 36.4 Å². The maximum Gasteiger partial charge on any atom is 0.145 e. The van der Waals surface area contributed by atoms with E-state index >= 15 is 0 Å². The maximum absolute atomic E-state index is 10.8. The fourth-order valence-electron chi connectivity index (χ4n) is 1.76. The summed E-state index contributed by atoms with van der Waals surface area (Å²) >= 11 is 0. The lowest BCUT2D eigenvalue weighted by Gasteiger charge is -1.97. The first kappa shape index (κ1) is 15.9. The zero-order valence-electron chi connectivity index (χ0n) is 11.7. The molecule has 1 rings (SSSR count). The van der Waals surface area contributed by atoms with Gasteiger partial charge in [0.1, 0.15) is 12.6 Å². The molecule has 0 amide bonds. The second-order valence-electron chi connectivity index (χ2n) is 4.52. The molecule has 0 saturated heterocycles. The standard InChI is InChI=1S/C18H20O2/c19-15-9-8-14-18(16-20)13-5-2-1-4-10-17-11-6-3-7-12-17/h3,6-7,11-13,15-16H,1-2,5,8-9,14H2/b18-13+. The molecule has 0 fully saturated rings. The van der Waals surface area contributed by atoms with Gasteiger partial charge in [-0.05, 0) is 43.4 Å². The maximum atomic E-state index is 10.8. The Bertz CT molecular complexity index is 489. The molecule has 0 aliphatic heterocycles. The minimum Gasteiger partial charge on any atom is -0.303 e. The Morgan fingerprint density at radius 3 is 2.55 bits per heavy atom. The lowest BCUT2D eigenvalue weighted by atomic mass is 10.1. The highest BCUT2D eigenvalue weighted by Gasteiger charge is 1.95. The number of allylic oxidation sites excluding steroid dienone is 2. The third kappa shape index (κ3) is 7.33. The van der Waals surface area contributed by atoms with Crippen molar-refractivity contribution in [1.82, 2.24) is 0 Å². The third-order valence-electron chi connectivity index (χ3n) is 2.86. The molecule has 1 aromatic carbocycles. The number of rotatable bonds is 8. The Kier molecular flexibility index (Phi) is 8.56. The Morgan fingerprint density at radius 1 is 1.05 bits per heavy atom. The molecule has 0 heterocycles. The van der Waals surface area contributed by atoms with Crippen molar-refractivity contribution in [2.75, 3.05) is 0 Å². The summed E-state index contributed by atoms with van der Waals surface area (Å²) in [6, 6.07) is 9.90. The van der Waals surface area contributed by atoms with Crippen LogP contribution in [0.1, 0.15) is 44.1 Å². The molecule has 2 nitrogen and oxygen atoms in total. The Hall–Kier alpha value is -2.14. The van der Waals surface area contributed by atoms with Crippen molar-refractivity contribution >= 4 is 12.6 Å². The fraction of sp³-hybridized carbons (Fsp3) is 0.333. The fourth-order valence-corrected chi connectivity index (χ4v) is 1.76. The molecule has 0 aliphatic rings. The monoisotopic (exact) mass is 268 g/mol. The molecule has 20 heavy (non-hydrogen) atoms. The van der Waals surface area contributed by atoms with Crippen LogP contribution in [-0.2, 0) is 9.59 Å². The van der Waals surface area contributed by atoms with Gasteiger partial charge in [0.15, 0.2) is 0 Å². The summed E-state index contributed by atoms with van der Waals surface area (Å²) in [5.74, 6) is 6.24. The van der Waals surface area contributed by atoms with Gasteiger partial charge in [-0.1, -0.05) is 36.1 Å². The van der Waals surface area contributed by atoms with Crippen molar-refractivity contribution in [3.63, 3.8) is 0 Å². The molecule has 0 aliphatic carbocycles. The number of unbranched alkanes of at least 4 members (excludes halogenated alkanes) is 3. The van der Waals surface area contributed by atoms with E-state index in [1.54, 1.807) is 0 Å². The van der Waals surface area contributed by atoms with Gasteiger partial charge in [-0.15, -0.1) is 0 Å². The summed E-state index contributed by atoms with van der Waals surface area (Å²) in [5.41, 5.74) is 1.83. The second kappa shape index (κ2) is 10.8. The van der Waals surface area contributed by atoms with E-state index in [0.717, 1.165) is 49.4 Å². The van der Waals surface area contributed by atoms with Gasteiger partial charge >= 0.3 is 0 Å². The molecule has 0 atom stereocenters. The average Bonchev–Trinajstić information content (AvgIpc) is 2.50. The van der Waals surface area contributed by atoms with Crippen LogP contribution < -0.4 is 0 Å². The minimum atomic E-state index is 0.522. The third-order valence-corrected chi connectivity index (χ3v) is 2.86. The van der Waals surface area contributed by atoms with Gasteiger partial charge in [0.05, 0.1) is 0 Å². The van der Waals surface area contributed by atoms with Crippen LogP contribution in [0.2, 0.25) is 0 Å². The summed E-state index contributed by atoms with van der Waals surface area (Å²) < 4.78 is 0. The van der Waals surface area contributed by atoms with Crippen LogP contribution >= 0.6 is 0 Å². The lowest BCUT2D eigenvalue weighted by Crippen LogP contribution is -1.87. The molecule has 1 aromatic rings. The number of hydrogen-bond donors (Lipinski definition) is 0. The van der Waals surface area contributed by atoms with E-state index in [2.05, 4.69) is 11.8 Å². The van der Waals surface area contributed by atoms with Crippen molar-refractivity contribution in [3.05, 3.63) is 47.5 Å². The summed E-state index contributed by atoms with van der Waals surface area (Å²) in [4.78, 5) is 21.0. The van der Waals surface area contributed by atoms with Crippen molar-refractivity contribution in [3.8, 4) is 11.8 Å². The normalized spacial score (nSPS) is 10.5. The largest absolute Gasteiger partial charge is 0.303 e. The summed E-state index contributed by atoms with van der Waals surface area (Å²) in [6.07, 6.45) is 8.34. The van der Waals surface area contributed by atoms with Crippen LogP contribution in [0.15, 0.2) is 42.0 Å². The van der Waals surface area contributed by atoms with Gasteiger partial charge in [0.2, 0.25) is 0 Å². The van der Waals surface area contributed by atoms with Crippen molar-refractivity contribution in [2.24, 2.45) is 0 Å². The number of hydrogen-bond acceptors (Lipinski definition) is 2. The second-order valence-corrected chi connectivity index (χ2v) is 4.52. The molecule has 0 spiro atoms. The Labute approximate surface area is 120 Å². The summed E-state index contributed by atoms with van der Waals surface area (Å²) in [5, 5.41) is 0. The number of benzene rings is 1. The highest BCUT2D eigenvalue weighted by molar-refractivity contribution is 5.73. The minimum absolute atomic E-state index is 0.522. The summed E-state index contributed by atoms with van der Waals surface area (Å²) in [7, 11) is 0. The quantitative estimate of drug-likeness (QED) is 0.312. The highest BCUT2D eigenvalue weighted by Crippen LogP contribution is 2.07. The topological polar surface area (TPSA) is 34.1 Å². The van der Waals surface area contributed by atoms with E-state index in [1.165, 1.54) is 0 Å². The van der Waals surface area contributed by atoms with Gasteiger partial charge in [0.25, 0.3) is 0 Å². The highest BCUT2D eigenvalue weighted by atomic mass is 16.1. The molecular weight excluding hydrogens is 248 g/mol. The van der Waals surface area contributed by atoms with Crippen LogP contribution in [0.3, 0.4) is 0 Å². The molecular formula is C18H20O2. The van der Waals surface area contributed by atoms with E-state index in [4.69, 9.17) is 0 Å². The molecule has 2 heteroatoms. The number of carbonyl (C=O) groups is 2. The molecule has 0 N–H and O–H groups in total. The number of carbonyl (C=O) groups excluding carboxylic acids is 2. The van der Waals surface area contributed by atoms with Gasteiger partial charge in [-0.3, -0.25) is 4.79 Å². The first-order valence-corrected chi connectivity index (χ1v) is 6.98. The van der Waals surface area contributed by atoms with Crippen molar-refractivity contribution < 1.29 is 9.59 Å². The van der Waals surface area contributed by atoms with Gasteiger partial charge in [0, 0.05) is 18.4 Å².